The molecule has 2 aromatic rings. The molecule has 2 N–H and O–H groups in total. The van der Waals surface area contributed by atoms with Crippen LogP contribution >= 0.6 is 0 Å². The maximum atomic E-state index is 12.5. The van der Waals surface area contributed by atoms with E-state index < -0.39 is 10.0 Å². The Morgan fingerprint density at radius 3 is 2.37 bits per heavy atom. The standard InChI is InChI=1S/C20H24N2O4S/c1-3-22(4-2)27(25,26)19-11-8-16(9-12-19)10-13-20(24)21-18-7-5-6-17(14-18)15-23/h5-14,23H,3-4,15H2,1-2H3,(H,21,24)/b13-10+. The van der Waals surface area contributed by atoms with E-state index in [9.17, 15) is 13.2 Å². The van der Waals surface area contributed by atoms with Gasteiger partial charge in [0.1, 0.15) is 0 Å². The summed E-state index contributed by atoms with van der Waals surface area (Å²) in [6.45, 7) is 4.33. The monoisotopic (exact) mass is 388 g/mol. The normalized spacial score (nSPS) is 11.9. The quantitative estimate of drug-likeness (QED) is 0.681. The molecule has 0 aliphatic heterocycles. The van der Waals surface area contributed by atoms with E-state index in [2.05, 4.69) is 5.32 Å². The number of anilines is 1. The van der Waals surface area contributed by atoms with Gasteiger partial charge in [0.05, 0.1) is 11.5 Å². The number of nitrogens with zero attached hydrogens (tertiary/aromatic N) is 1. The summed E-state index contributed by atoms with van der Waals surface area (Å²) in [7, 11) is -3.49. The molecule has 0 radical (unpaired) electrons. The second-order valence-corrected chi connectivity index (χ2v) is 7.78. The van der Waals surface area contributed by atoms with Crippen LogP contribution in [0.4, 0.5) is 5.69 Å². The largest absolute Gasteiger partial charge is 0.392 e. The smallest absolute Gasteiger partial charge is 0.248 e. The van der Waals surface area contributed by atoms with Gasteiger partial charge in [0.25, 0.3) is 0 Å². The van der Waals surface area contributed by atoms with E-state index in [1.807, 2.05) is 0 Å². The van der Waals surface area contributed by atoms with E-state index in [0.29, 0.717) is 29.9 Å². The van der Waals surface area contributed by atoms with Crippen molar-refractivity contribution < 1.29 is 18.3 Å². The van der Waals surface area contributed by atoms with Gasteiger partial charge in [0.2, 0.25) is 15.9 Å². The van der Waals surface area contributed by atoms with Crippen LogP contribution in [0, 0.1) is 0 Å². The van der Waals surface area contributed by atoms with Crippen molar-refractivity contribution >= 4 is 27.7 Å². The zero-order valence-corrected chi connectivity index (χ0v) is 16.2. The molecule has 0 aromatic heterocycles. The summed E-state index contributed by atoms with van der Waals surface area (Å²) in [5, 5.41) is 11.8. The molecule has 6 nitrogen and oxygen atoms in total. The lowest BCUT2D eigenvalue weighted by Gasteiger charge is -2.18. The molecule has 144 valence electrons. The van der Waals surface area contributed by atoms with Crippen molar-refractivity contribution in [1.82, 2.24) is 4.31 Å². The topological polar surface area (TPSA) is 86.7 Å². The van der Waals surface area contributed by atoms with Crippen LogP contribution in [0.3, 0.4) is 0 Å². The summed E-state index contributed by atoms with van der Waals surface area (Å²) in [6, 6.07) is 13.3. The second kappa shape index (κ2) is 9.45. The second-order valence-electron chi connectivity index (χ2n) is 5.84. The highest BCUT2D eigenvalue weighted by Gasteiger charge is 2.20. The van der Waals surface area contributed by atoms with E-state index >= 15 is 0 Å². The van der Waals surface area contributed by atoms with Gasteiger partial charge in [-0.25, -0.2) is 8.42 Å². The van der Waals surface area contributed by atoms with Crippen LogP contribution in [0.1, 0.15) is 25.0 Å². The van der Waals surface area contributed by atoms with Gasteiger partial charge >= 0.3 is 0 Å². The maximum absolute atomic E-state index is 12.5. The van der Waals surface area contributed by atoms with Crippen LogP contribution in [0.2, 0.25) is 0 Å². The third-order valence-electron chi connectivity index (χ3n) is 4.03. The Balaban J connectivity index is 2.06. The maximum Gasteiger partial charge on any atom is 0.248 e. The minimum atomic E-state index is -3.49. The first-order valence-electron chi connectivity index (χ1n) is 8.69. The molecule has 0 heterocycles. The summed E-state index contributed by atoms with van der Waals surface area (Å²) in [5.74, 6) is -0.315. The van der Waals surface area contributed by atoms with Crippen molar-refractivity contribution in [2.45, 2.75) is 25.3 Å². The van der Waals surface area contributed by atoms with Gasteiger partial charge in [-0.1, -0.05) is 38.1 Å². The van der Waals surface area contributed by atoms with Gasteiger partial charge in [-0.15, -0.1) is 0 Å². The van der Waals surface area contributed by atoms with E-state index in [4.69, 9.17) is 5.11 Å². The van der Waals surface area contributed by atoms with Crippen molar-refractivity contribution in [3.63, 3.8) is 0 Å². The lowest BCUT2D eigenvalue weighted by atomic mass is 10.2. The summed E-state index contributed by atoms with van der Waals surface area (Å²) in [4.78, 5) is 12.2. The molecule has 0 aliphatic carbocycles. The van der Waals surface area contributed by atoms with E-state index in [-0.39, 0.29) is 17.4 Å². The number of carbonyl (C=O) groups excluding carboxylic acids is 1. The molecule has 0 spiro atoms. The number of amides is 1. The highest BCUT2D eigenvalue weighted by molar-refractivity contribution is 7.89. The molecule has 0 bridgehead atoms. The number of nitrogens with one attached hydrogen (secondary N) is 1. The lowest BCUT2D eigenvalue weighted by molar-refractivity contribution is -0.111. The highest BCUT2D eigenvalue weighted by Crippen LogP contribution is 2.17. The van der Waals surface area contributed by atoms with Gasteiger partial charge in [-0.05, 0) is 41.5 Å². The van der Waals surface area contributed by atoms with Crippen LogP contribution in [-0.2, 0) is 21.4 Å². The van der Waals surface area contributed by atoms with Crippen molar-refractivity contribution in [1.29, 1.82) is 0 Å². The van der Waals surface area contributed by atoms with Crippen molar-refractivity contribution in [3.8, 4) is 0 Å². The first kappa shape index (κ1) is 20.8. The number of rotatable bonds is 8. The van der Waals surface area contributed by atoms with Crippen LogP contribution in [0.5, 0.6) is 0 Å². The Morgan fingerprint density at radius 2 is 1.78 bits per heavy atom. The first-order valence-corrected chi connectivity index (χ1v) is 10.1. The highest BCUT2D eigenvalue weighted by atomic mass is 32.2. The molecule has 1 amide bonds. The van der Waals surface area contributed by atoms with Crippen molar-refractivity contribution in [2.24, 2.45) is 0 Å². The molecular weight excluding hydrogens is 364 g/mol. The summed E-state index contributed by atoms with van der Waals surface area (Å²) in [5.41, 5.74) is 2.02. The Morgan fingerprint density at radius 1 is 1.11 bits per heavy atom. The SMILES string of the molecule is CCN(CC)S(=O)(=O)c1ccc(/C=C/C(=O)Nc2cccc(CO)c2)cc1. The fourth-order valence-corrected chi connectivity index (χ4v) is 4.02. The molecule has 0 fully saturated rings. The molecule has 0 aliphatic rings. The van der Waals surface area contributed by atoms with Crippen molar-refractivity contribution in [2.75, 3.05) is 18.4 Å². The lowest BCUT2D eigenvalue weighted by Crippen LogP contribution is -2.30. The Bertz CT molecular complexity index is 902. The Hall–Kier alpha value is -2.48. The van der Waals surface area contributed by atoms with Gasteiger partial charge in [-0.2, -0.15) is 4.31 Å². The van der Waals surface area contributed by atoms with Crippen LogP contribution in [0.15, 0.2) is 59.5 Å². The molecule has 0 atom stereocenters. The molecule has 0 unspecified atom stereocenters. The molecule has 2 aromatic carbocycles. The van der Waals surface area contributed by atoms with Crippen LogP contribution in [0.25, 0.3) is 6.08 Å². The van der Waals surface area contributed by atoms with E-state index in [1.165, 1.54) is 22.5 Å². The number of aliphatic hydroxyl groups excluding tert-OH is 1. The summed E-state index contributed by atoms with van der Waals surface area (Å²) < 4.78 is 26.3. The fourth-order valence-electron chi connectivity index (χ4n) is 2.57. The minimum Gasteiger partial charge on any atom is -0.392 e. The molecule has 7 heteroatoms. The summed E-state index contributed by atoms with van der Waals surface area (Å²) in [6.07, 6.45) is 2.98. The van der Waals surface area contributed by atoms with Gasteiger partial charge in [-0.3, -0.25) is 4.79 Å². The molecule has 0 saturated heterocycles. The van der Waals surface area contributed by atoms with E-state index in [0.717, 1.165) is 0 Å². The predicted molar refractivity (Wildman–Crippen MR) is 107 cm³/mol. The fraction of sp³-hybridized carbons (Fsp3) is 0.250. The van der Waals surface area contributed by atoms with Gasteiger partial charge < -0.3 is 10.4 Å². The Labute approximate surface area is 160 Å². The minimum absolute atomic E-state index is 0.0949. The molecule has 0 saturated carbocycles. The number of aliphatic hydroxyl groups is 1. The zero-order valence-electron chi connectivity index (χ0n) is 15.4. The number of hydrogen-bond donors (Lipinski definition) is 2. The predicted octanol–water partition coefficient (Wildman–Crippen LogP) is 2.86. The third-order valence-corrected chi connectivity index (χ3v) is 6.09. The third kappa shape index (κ3) is 5.50. The average molecular weight is 388 g/mol. The van der Waals surface area contributed by atoms with Gasteiger partial charge in [0.15, 0.2) is 0 Å². The van der Waals surface area contributed by atoms with Crippen LogP contribution in [-0.4, -0.2) is 36.8 Å². The van der Waals surface area contributed by atoms with E-state index in [1.54, 1.807) is 56.3 Å². The average Bonchev–Trinajstić information content (AvgIpc) is 2.67. The Kier molecular flexibility index (Phi) is 7.29. The number of hydrogen-bond acceptors (Lipinski definition) is 4. The number of carbonyl (C=O) groups is 1. The molecular formula is C20H24N2O4S. The molecule has 2 rings (SSSR count). The number of benzene rings is 2. The van der Waals surface area contributed by atoms with Gasteiger partial charge in [0, 0.05) is 24.9 Å². The van der Waals surface area contributed by atoms with Crippen LogP contribution < -0.4 is 5.32 Å². The zero-order chi connectivity index (χ0) is 19.9. The number of sulfonamides is 1. The summed E-state index contributed by atoms with van der Waals surface area (Å²) >= 11 is 0. The van der Waals surface area contributed by atoms with Crippen molar-refractivity contribution in [3.05, 3.63) is 65.7 Å². The molecule has 27 heavy (non-hydrogen) atoms. The first-order chi connectivity index (χ1) is 12.9.